The van der Waals surface area contributed by atoms with Crippen molar-refractivity contribution in [3.8, 4) is 0 Å². The summed E-state index contributed by atoms with van der Waals surface area (Å²) in [6.07, 6.45) is 0. The molecule has 0 N–H and O–H groups in total. The highest BCUT2D eigenvalue weighted by Crippen LogP contribution is 2.23. The summed E-state index contributed by atoms with van der Waals surface area (Å²) in [5.74, 6) is -0.119. The second-order valence-corrected chi connectivity index (χ2v) is 5.75. The van der Waals surface area contributed by atoms with Gasteiger partial charge in [-0.25, -0.2) is 0 Å². The van der Waals surface area contributed by atoms with Crippen molar-refractivity contribution < 1.29 is 9.53 Å². The Bertz CT molecular complexity index is 429. The zero-order valence-electron chi connectivity index (χ0n) is 10.1. The number of rotatable bonds is 5. The zero-order chi connectivity index (χ0) is 13.7. The third-order valence-electron chi connectivity index (χ3n) is 2.33. The second-order valence-electron chi connectivity index (χ2n) is 3.87. The number of carbonyl (C=O) groups is 1. The fourth-order valence-electron chi connectivity index (χ4n) is 1.46. The smallest absolute Gasteiger partial charge is 0.253 e. The van der Waals surface area contributed by atoms with Crippen molar-refractivity contribution in [3.05, 3.63) is 33.3 Å². The van der Waals surface area contributed by atoms with Crippen LogP contribution >= 0.6 is 39.1 Å². The minimum atomic E-state index is -0.227. The molecule has 1 unspecified atom stereocenters. The molecule has 3 nitrogen and oxygen atoms in total. The SMILES string of the molecule is COCC(Cl)CN(C)C(=O)c1ccc(Br)c(Cl)c1. The maximum absolute atomic E-state index is 12.1. The van der Waals surface area contributed by atoms with E-state index in [2.05, 4.69) is 15.9 Å². The monoisotopic (exact) mass is 353 g/mol. The van der Waals surface area contributed by atoms with Gasteiger partial charge in [0.2, 0.25) is 0 Å². The van der Waals surface area contributed by atoms with Crippen LogP contribution in [-0.2, 0) is 4.74 Å². The minimum Gasteiger partial charge on any atom is -0.383 e. The number of hydrogen-bond donors (Lipinski definition) is 0. The van der Waals surface area contributed by atoms with Gasteiger partial charge in [0.05, 0.1) is 17.0 Å². The molecular formula is C12H14BrCl2NO2. The average Bonchev–Trinajstić information content (AvgIpc) is 2.32. The van der Waals surface area contributed by atoms with Crippen LogP contribution in [-0.4, -0.2) is 43.5 Å². The predicted octanol–water partition coefficient (Wildman–Crippen LogP) is 3.43. The van der Waals surface area contributed by atoms with Crippen LogP contribution in [0.5, 0.6) is 0 Å². The van der Waals surface area contributed by atoms with E-state index < -0.39 is 0 Å². The first-order valence-corrected chi connectivity index (χ1v) is 6.90. The molecule has 0 bridgehead atoms. The highest BCUT2D eigenvalue weighted by atomic mass is 79.9. The Labute approximate surface area is 125 Å². The Hall–Kier alpha value is -0.290. The van der Waals surface area contributed by atoms with E-state index in [4.69, 9.17) is 27.9 Å². The van der Waals surface area contributed by atoms with E-state index >= 15 is 0 Å². The van der Waals surface area contributed by atoms with E-state index in [0.29, 0.717) is 23.7 Å². The third kappa shape index (κ3) is 4.43. The molecule has 0 aliphatic heterocycles. The van der Waals surface area contributed by atoms with E-state index in [1.807, 2.05) is 0 Å². The molecule has 18 heavy (non-hydrogen) atoms. The van der Waals surface area contributed by atoms with Crippen molar-refractivity contribution >= 4 is 45.0 Å². The first-order valence-electron chi connectivity index (χ1n) is 5.29. The Morgan fingerprint density at radius 1 is 1.56 bits per heavy atom. The Kier molecular flexibility index (Phi) is 6.43. The molecule has 0 aliphatic carbocycles. The molecule has 0 saturated carbocycles. The third-order valence-corrected chi connectivity index (χ3v) is 3.83. The summed E-state index contributed by atoms with van der Waals surface area (Å²) < 4.78 is 5.69. The number of alkyl halides is 1. The number of benzene rings is 1. The summed E-state index contributed by atoms with van der Waals surface area (Å²) in [6.45, 7) is 0.822. The Balaban J connectivity index is 2.71. The molecule has 1 atom stereocenters. The quantitative estimate of drug-likeness (QED) is 0.758. The first kappa shape index (κ1) is 15.8. The lowest BCUT2D eigenvalue weighted by Crippen LogP contribution is -2.33. The summed E-state index contributed by atoms with van der Waals surface area (Å²) in [4.78, 5) is 13.7. The maximum Gasteiger partial charge on any atom is 0.253 e. The van der Waals surface area contributed by atoms with Gasteiger partial charge in [0, 0.05) is 30.7 Å². The lowest BCUT2D eigenvalue weighted by atomic mass is 10.2. The van der Waals surface area contributed by atoms with Gasteiger partial charge in [-0.1, -0.05) is 11.6 Å². The minimum absolute atomic E-state index is 0.119. The highest BCUT2D eigenvalue weighted by molar-refractivity contribution is 9.10. The van der Waals surface area contributed by atoms with Gasteiger partial charge in [0.1, 0.15) is 0 Å². The van der Waals surface area contributed by atoms with Crippen molar-refractivity contribution in [2.45, 2.75) is 5.38 Å². The topological polar surface area (TPSA) is 29.5 Å². The lowest BCUT2D eigenvalue weighted by molar-refractivity contribution is 0.0781. The van der Waals surface area contributed by atoms with Gasteiger partial charge in [0.25, 0.3) is 5.91 Å². The van der Waals surface area contributed by atoms with Gasteiger partial charge in [-0.15, -0.1) is 11.6 Å². The number of halogens is 3. The molecule has 1 rings (SSSR count). The molecule has 0 heterocycles. The van der Waals surface area contributed by atoms with E-state index in [1.165, 1.54) is 0 Å². The molecule has 1 amide bonds. The van der Waals surface area contributed by atoms with Crippen LogP contribution in [0.15, 0.2) is 22.7 Å². The Morgan fingerprint density at radius 3 is 2.78 bits per heavy atom. The normalized spacial score (nSPS) is 12.3. The van der Waals surface area contributed by atoms with Crippen LogP contribution in [0.4, 0.5) is 0 Å². The lowest BCUT2D eigenvalue weighted by Gasteiger charge is -2.20. The molecule has 0 aliphatic rings. The largest absolute Gasteiger partial charge is 0.383 e. The number of carbonyl (C=O) groups excluding carboxylic acids is 1. The summed E-state index contributed by atoms with van der Waals surface area (Å²) in [5, 5.41) is 0.281. The average molecular weight is 355 g/mol. The molecule has 100 valence electrons. The fourth-order valence-corrected chi connectivity index (χ4v) is 2.22. The van der Waals surface area contributed by atoms with Gasteiger partial charge in [-0.3, -0.25) is 4.79 Å². The van der Waals surface area contributed by atoms with Crippen molar-refractivity contribution in [1.82, 2.24) is 4.90 Å². The maximum atomic E-state index is 12.1. The van der Waals surface area contributed by atoms with Crippen LogP contribution < -0.4 is 0 Å². The van der Waals surface area contributed by atoms with Crippen LogP contribution in [0.2, 0.25) is 5.02 Å². The number of nitrogens with zero attached hydrogens (tertiary/aromatic N) is 1. The van der Waals surface area contributed by atoms with Crippen molar-refractivity contribution in [2.75, 3.05) is 27.3 Å². The van der Waals surface area contributed by atoms with Gasteiger partial charge in [0.15, 0.2) is 0 Å². The van der Waals surface area contributed by atoms with Crippen LogP contribution in [0, 0.1) is 0 Å². The molecule has 0 fully saturated rings. The molecule has 6 heteroatoms. The second kappa shape index (κ2) is 7.34. The van der Waals surface area contributed by atoms with E-state index in [-0.39, 0.29) is 11.3 Å². The molecule has 1 aromatic rings. The molecule has 0 radical (unpaired) electrons. The standard InChI is InChI=1S/C12H14BrCl2NO2/c1-16(6-9(14)7-18-2)12(17)8-3-4-10(13)11(15)5-8/h3-5,9H,6-7H2,1-2H3. The van der Waals surface area contributed by atoms with Gasteiger partial charge in [-0.05, 0) is 34.1 Å². The van der Waals surface area contributed by atoms with Crippen LogP contribution in [0.1, 0.15) is 10.4 Å². The van der Waals surface area contributed by atoms with Crippen molar-refractivity contribution in [2.24, 2.45) is 0 Å². The molecule has 1 aromatic carbocycles. The molecule has 0 spiro atoms. The van der Waals surface area contributed by atoms with E-state index in [0.717, 1.165) is 4.47 Å². The van der Waals surface area contributed by atoms with Crippen molar-refractivity contribution in [3.63, 3.8) is 0 Å². The fraction of sp³-hybridized carbons (Fsp3) is 0.417. The summed E-state index contributed by atoms with van der Waals surface area (Å²) in [6, 6.07) is 5.09. The summed E-state index contributed by atoms with van der Waals surface area (Å²) >= 11 is 15.2. The molecular weight excluding hydrogens is 341 g/mol. The highest BCUT2D eigenvalue weighted by Gasteiger charge is 2.16. The number of ether oxygens (including phenoxy) is 1. The molecule has 0 aromatic heterocycles. The van der Waals surface area contributed by atoms with Crippen LogP contribution in [0.25, 0.3) is 0 Å². The van der Waals surface area contributed by atoms with Gasteiger partial charge in [-0.2, -0.15) is 0 Å². The molecule has 0 saturated heterocycles. The Morgan fingerprint density at radius 2 is 2.22 bits per heavy atom. The van der Waals surface area contributed by atoms with E-state index in [1.54, 1.807) is 37.3 Å². The van der Waals surface area contributed by atoms with Crippen molar-refractivity contribution in [1.29, 1.82) is 0 Å². The number of hydrogen-bond acceptors (Lipinski definition) is 2. The zero-order valence-corrected chi connectivity index (χ0v) is 13.2. The number of methoxy groups -OCH3 is 1. The summed E-state index contributed by atoms with van der Waals surface area (Å²) in [5.41, 5.74) is 0.534. The number of amides is 1. The summed E-state index contributed by atoms with van der Waals surface area (Å²) in [7, 11) is 3.27. The first-order chi connectivity index (χ1) is 8.45. The van der Waals surface area contributed by atoms with Gasteiger partial charge < -0.3 is 9.64 Å². The predicted molar refractivity (Wildman–Crippen MR) is 77.6 cm³/mol. The van der Waals surface area contributed by atoms with Gasteiger partial charge >= 0.3 is 0 Å². The van der Waals surface area contributed by atoms with Crippen LogP contribution in [0.3, 0.4) is 0 Å². The van der Waals surface area contributed by atoms with E-state index in [9.17, 15) is 4.79 Å².